The molecular formula is C20H17FN4O3. The molecule has 1 heterocycles. The van der Waals surface area contributed by atoms with Crippen LogP contribution in [0.5, 0.6) is 0 Å². The number of anilines is 2. The third-order valence-electron chi connectivity index (χ3n) is 4.20. The quantitative estimate of drug-likeness (QED) is 0.515. The van der Waals surface area contributed by atoms with Gasteiger partial charge in [0.15, 0.2) is 5.82 Å². The van der Waals surface area contributed by atoms with Gasteiger partial charge in [0.1, 0.15) is 0 Å². The molecule has 2 aromatic carbocycles. The van der Waals surface area contributed by atoms with Crippen molar-refractivity contribution < 1.29 is 14.1 Å². The van der Waals surface area contributed by atoms with Gasteiger partial charge in [0.25, 0.3) is 11.6 Å². The molecule has 3 aromatic rings. The summed E-state index contributed by atoms with van der Waals surface area (Å²) < 4.78 is 13.9. The van der Waals surface area contributed by atoms with Crippen molar-refractivity contribution in [2.24, 2.45) is 0 Å². The molecule has 0 aliphatic rings. The van der Waals surface area contributed by atoms with E-state index in [9.17, 15) is 19.3 Å². The number of halogens is 1. The van der Waals surface area contributed by atoms with Crippen LogP contribution in [0.25, 0.3) is 0 Å². The van der Waals surface area contributed by atoms with Crippen LogP contribution in [0.15, 0.2) is 67.0 Å². The minimum atomic E-state index is -0.687. The summed E-state index contributed by atoms with van der Waals surface area (Å²) in [6, 6.07) is 14.0. The van der Waals surface area contributed by atoms with Gasteiger partial charge in [-0.15, -0.1) is 0 Å². The van der Waals surface area contributed by atoms with Crippen LogP contribution in [0.2, 0.25) is 0 Å². The van der Waals surface area contributed by atoms with Gasteiger partial charge < -0.3 is 10.2 Å². The molecule has 0 unspecified atom stereocenters. The Labute approximate surface area is 160 Å². The van der Waals surface area contributed by atoms with Gasteiger partial charge in [-0.3, -0.25) is 19.9 Å². The third kappa shape index (κ3) is 4.29. The Kier molecular flexibility index (Phi) is 5.59. The molecule has 0 aliphatic carbocycles. The summed E-state index contributed by atoms with van der Waals surface area (Å²) in [7, 11) is 1.68. The number of nitro benzene ring substituents is 1. The first-order valence-electron chi connectivity index (χ1n) is 8.40. The molecule has 142 valence electrons. The standard InChI is InChI=1S/C20H17FN4O3/c1-24(20(26)15-8-10-22-11-9-15)16-4-2-14(3-5-16)13-23-19-7-6-17(25(27)28)12-18(19)21/h2-12,23H,13H2,1H3. The van der Waals surface area contributed by atoms with E-state index in [4.69, 9.17) is 0 Å². The second-order valence-electron chi connectivity index (χ2n) is 6.04. The number of hydrogen-bond acceptors (Lipinski definition) is 5. The van der Waals surface area contributed by atoms with E-state index in [0.29, 0.717) is 17.8 Å². The third-order valence-corrected chi connectivity index (χ3v) is 4.20. The lowest BCUT2D eigenvalue weighted by molar-refractivity contribution is -0.385. The number of pyridine rings is 1. The van der Waals surface area contributed by atoms with Gasteiger partial charge in [0.05, 0.1) is 16.7 Å². The molecule has 0 saturated heterocycles. The van der Waals surface area contributed by atoms with Crippen LogP contribution in [0.4, 0.5) is 21.5 Å². The maximum absolute atomic E-state index is 13.9. The molecule has 0 fully saturated rings. The Bertz CT molecular complexity index is 994. The zero-order valence-electron chi connectivity index (χ0n) is 15.0. The molecule has 3 rings (SSSR count). The fraction of sp³-hybridized carbons (Fsp3) is 0.100. The molecule has 0 aliphatic heterocycles. The number of hydrogen-bond donors (Lipinski definition) is 1. The molecule has 1 amide bonds. The Hall–Kier alpha value is -3.81. The Morgan fingerprint density at radius 2 is 1.82 bits per heavy atom. The maximum atomic E-state index is 13.9. The lowest BCUT2D eigenvalue weighted by atomic mass is 10.1. The number of nitrogens with zero attached hydrogens (tertiary/aromatic N) is 3. The number of amides is 1. The lowest BCUT2D eigenvalue weighted by Gasteiger charge is -2.18. The van der Waals surface area contributed by atoms with E-state index in [1.165, 1.54) is 17.0 Å². The highest BCUT2D eigenvalue weighted by molar-refractivity contribution is 6.05. The molecule has 0 bridgehead atoms. The zero-order chi connectivity index (χ0) is 20.1. The molecule has 0 saturated carbocycles. The van der Waals surface area contributed by atoms with E-state index in [0.717, 1.165) is 11.6 Å². The summed E-state index contributed by atoms with van der Waals surface area (Å²) >= 11 is 0. The monoisotopic (exact) mass is 380 g/mol. The van der Waals surface area contributed by atoms with Gasteiger partial charge in [-0.2, -0.15) is 0 Å². The van der Waals surface area contributed by atoms with Crippen molar-refractivity contribution in [3.05, 3.63) is 94.0 Å². The first-order valence-corrected chi connectivity index (χ1v) is 8.40. The number of non-ortho nitro benzene ring substituents is 1. The van der Waals surface area contributed by atoms with Gasteiger partial charge in [0, 0.05) is 43.3 Å². The fourth-order valence-electron chi connectivity index (χ4n) is 2.60. The van der Waals surface area contributed by atoms with Crippen LogP contribution < -0.4 is 10.2 Å². The molecule has 8 heteroatoms. The maximum Gasteiger partial charge on any atom is 0.272 e. The van der Waals surface area contributed by atoms with Crippen LogP contribution in [-0.4, -0.2) is 22.9 Å². The van der Waals surface area contributed by atoms with Crippen molar-refractivity contribution in [2.75, 3.05) is 17.3 Å². The lowest BCUT2D eigenvalue weighted by Crippen LogP contribution is -2.26. The molecule has 7 nitrogen and oxygen atoms in total. The Morgan fingerprint density at radius 1 is 1.14 bits per heavy atom. The molecule has 28 heavy (non-hydrogen) atoms. The largest absolute Gasteiger partial charge is 0.379 e. The smallest absolute Gasteiger partial charge is 0.272 e. The summed E-state index contributed by atoms with van der Waals surface area (Å²) in [5.41, 5.74) is 2.00. The minimum Gasteiger partial charge on any atom is -0.379 e. The second kappa shape index (κ2) is 8.26. The average Bonchev–Trinajstić information content (AvgIpc) is 2.72. The molecule has 1 N–H and O–H groups in total. The number of carbonyl (C=O) groups excluding carboxylic acids is 1. The van der Waals surface area contributed by atoms with Crippen LogP contribution in [0.1, 0.15) is 15.9 Å². The minimum absolute atomic E-state index is 0.152. The highest BCUT2D eigenvalue weighted by Gasteiger charge is 2.13. The van der Waals surface area contributed by atoms with Gasteiger partial charge >= 0.3 is 0 Å². The van der Waals surface area contributed by atoms with Crippen LogP contribution in [0.3, 0.4) is 0 Å². The molecular weight excluding hydrogens is 363 g/mol. The van der Waals surface area contributed by atoms with Crippen molar-refractivity contribution in [3.8, 4) is 0 Å². The molecule has 1 aromatic heterocycles. The number of benzene rings is 2. The second-order valence-corrected chi connectivity index (χ2v) is 6.04. The molecule has 0 spiro atoms. The van der Waals surface area contributed by atoms with E-state index in [1.54, 1.807) is 43.7 Å². The van der Waals surface area contributed by atoms with Gasteiger partial charge in [-0.25, -0.2) is 4.39 Å². The summed E-state index contributed by atoms with van der Waals surface area (Å²) in [5.74, 6) is -0.838. The van der Waals surface area contributed by atoms with E-state index >= 15 is 0 Å². The van der Waals surface area contributed by atoms with E-state index < -0.39 is 10.7 Å². The predicted molar refractivity (Wildman–Crippen MR) is 104 cm³/mol. The fourth-order valence-corrected chi connectivity index (χ4v) is 2.60. The van der Waals surface area contributed by atoms with E-state index in [2.05, 4.69) is 10.3 Å². The summed E-state index contributed by atoms with van der Waals surface area (Å²) in [6.45, 7) is 0.330. The number of nitrogens with one attached hydrogen (secondary N) is 1. The number of nitro groups is 1. The molecule has 0 radical (unpaired) electrons. The average molecular weight is 380 g/mol. The van der Waals surface area contributed by atoms with Gasteiger partial charge in [-0.05, 0) is 35.9 Å². The summed E-state index contributed by atoms with van der Waals surface area (Å²) in [4.78, 5) is 27.9. The number of rotatable bonds is 6. The van der Waals surface area contributed by atoms with Crippen molar-refractivity contribution in [3.63, 3.8) is 0 Å². The Balaban J connectivity index is 1.65. The Morgan fingerprint density at radius 3 is 2.43 bits per heavy atom. The zero-order valence-corrected chi connectivity index (χ0v) is 15.0. The number of carbonyl (C=O) groups is 1. The normalized spacial score (nSPS) is 10.4. The highest BCUT2D eigenvalue weighted by atomic mass is 19.1. The number of aromatic nitrogens is 1. The summed E-state index contributed by atoms with van der Waals surface area (Å²) in [5, 5.41) is 13.6. The van der Waals surface area contributed by atoms with Crippen molar-refractivity contribution >= 4 is 23.0 Å². The predicted octanol–water partition coefficient (Wildman–Crippen LogP) is 4.02. The topological polar surface area (TPSA) is 88.4 Å². The van der Waals surface area contributed by atoms with Crippen molar-refractivity contribution in [1.82, 2.24) is 4.98 Å². The SMILES string of the molecule is CN(C(=O)c1ccncc1)c1ccc(CNc2ccc([N+](=O)[O-])cc2F)cc1. The summed E-state index contributed by atoms with van der Waals surface area (Å²) in [6.07, 6.45) is 3.13. The van der Waals surface area contributed by atoms with E-state index in [1.807, 2.05) is 12.1 Å². The first-order chi connectivity index (χ1) is 13.5. The van der Waals surface area contributed by atoms with E-state index in [-0.39, 0.29) is 17.3 Å². The van der Waals surface area contributed by atoms with Gasteiger partial charge in [-0.1, -0.05) is 12.1 Å². The van der Waals surface area contributed by atoms with Crippen molar-refractivity contribution in [2.45, 2.75) is 6.54 Å². The van der Waals surface area contributed by atoms with Crippen LogP contribution in [0, 0.1) is 15.9 Å². The first kappa shape index (κ1) is 19.0. The van der Waals surface area contributed by atoms with Gasteiger partial charge in [0.2, 0.25) is 0 Å². The van der Waals surface area contributed by atoms with Crippen molar-refractivity contribution in [1.29, 1.82) is 0 Å². The van der Waals surface area contributed by atoms with Crippen LogP contribution in [-0.2, 0) is 6.54 Å². The highest BCUT2D eigenvalue weighted by Crippen LogP contribution is 2.22. The van der Waals surface area contributed by atoms with Crippen LogP contribution >= 0.6 is 0 Å². The molecule has 0 atom stereocenters.